The minimum absolute atomic E-state index is 0.00493. The van der Waals surface area contributed by atoms with Gasteiger partial charge in [-0.25, -0.2) is 0 Å². The van der Waals surface area contributed by atoms with E-state index in [0.717, 1.165) is 6.54 Å². The van der Waals surface area contributed by atoms with Crippen molar-refractivity contribution in [3.8, 4) is 0 Å². The summed E-state index contributed by atoms with van der Waals surface area (Å²) in [7, 11) is 0. The lowest BCUT2D eigenvalue weighted by Crippen LogP contribution is -2.51. The topological polar surface area (TPSA) is 55.1 Å². The van der Waals surface area contributed by atoms with Gasteiger partial charge in [0.2, 0.25) is 5.91 Å². The Bertz CT molecular complexity index is 334. The number of amides is 1. The van der Waals surface area contributed by atoms with Crippen molar-refractivity contribution in [3.05, 3.63) is 0 Å². The lowest BCUT2D eigenvalue weighted by Gasteiger charge is -2.32. The lowest BCUT2D eigenvalue weighted by atomic mass is 9.81. The third-order valence-electron chi connectivity index (χ3n) is 4.63. The Hall–Kier alpha value is -0.290. The molecule has 0 saturated heterocycles. The minimum Gasteiger partial charge on any atom is -0.392 e. The number of nitrogens with one attached hydrogen (secondary N) is 1. The molecule has 1 aliphatic rings. The van der Waals surface area contributed by atoms with Crippen molar-refractivity contribution in [3.63, 3.8) is 0 Å². The van der Waals surface area contributed by atoms with E-state index < -0.39 is 5.41 Å². The molecule has 3 N–H and O–H groups in total. The fourth-order valence-corrected chi connectivity index (χ4v) is 4.21. The van der Waals surface area contributed by atoms with Gasteiger partial charge >= 0.3 is 0 Å². The van der Waals surface area contributed by atoms with Crippen LogP contribution in [0.1, 0.15) is 52.4 Å². The number of hydrogen-bond donors (Lipinski definition) is 2. The minimum atomic E-state index is -0.673. The van der Waals surface area contributed by atoms with Gasteiger partial charge in [-0.15, -0.1) is 0 Å². The third-order valence-corrected chi connectivity index (χ3v) is 6.44. The van der Waals surface area contributed by atoms with Gasteiger partial charge in [-0.2, -0.15) is 11.8 Å². The summed E-state index contributed by atoms with van der Waals surface area (Å²) in [5.74, 6) is 0.00493. The average Bonchev–Trinajstić information content (AvgIpc) is 2.87. The van der Waals surface area contributed by atoms with E-state index in [4.69, 9.17) is 18.0 Å². The molecule has 1 saturated carbocycles. The summed E-state index contributed by atoms with van der Waals surface area (Å²) in [4.78, 5) is 12.8. The summed E-state index contributed by atoms with van der Waals surface area (Å²) < 4.78 is 0.221. The number of hydrogen-bond acceptors (Lipinski definition) is 3. The molecule has 0 radical (unpaired) electrons. The molecule has 1 rings (SSSR count). The van der Waals surface area contributed by atoms with Gasteiger partial charge < -0.3 is 11.1 Å². The van der Waals surface area contributed by atoms with Crippen LogP contribution < -0.4 is 11.1 Å². The van der Waals surface area contributed by atoms with E-state index in [1.54, 1.807) is 0 Å². The second-order valence-electron chi connectivity index (χ2n) is 5.43. The van der Waals surface area contributed by atoms with E-state index in [-0.39, 0.29) is 10.7 Å². The molecule has 0 aliphatic heterocycles. The van der Waals surface area contributed by atoms with Crippen LogP contribution in [-0.2, 0) is 4.79 Å². The normalized spacial score (nSPS) is 18.3. The summed E-state index contributed by atoms with van der Waals surface area (Å²) in [5.41, 5.74) is 5.14. The molecular formula is C14H26N2OS2. The largest absolute Gasteiger partial charge is 0.392 e. The summed E-state index contributed by atoms with van der Waals surface area (Å²) in [6, 6.07) is 0. The first kappa shape index (κ1) is 16.8. The first-order valence-electron chi connectivity index (χ1n) is 7.09. The van der Waals surface area contributed by atoms with E-state index in [0.29, 0.717) is 17.8 Å². The Morgan fingerprint density at radius 2 is 1.89 bits per heavy atom. The lowest BCUT2D eigenvalue weighted by molar-refractivity contribution is -0.127. The molecule has 1 aliphatic carbocycles. The molecule has 3 nitrogen and oxygen atoms in total. The van der Waals surface area contributed by atoms with Crippen molar-refractivity contribution >= 4 is 34.9 Å². The molecule has 0 aromatic rings. The van der Waals surface area contributed by atoms with Gasteiger partial charge in [0.15, 0.2) is 0 Å². The molecule has 110 valence electrons. The monoisotopic (exact) mass is 302 g/mol. The SMILES string of the molecule is CCC(CC)(C(=O)NCC1(SC)CCCC1)C(N)=S. The first-order chi connectivity index (χ1) is 8.96. The summed E-state index contributed by atoms with van der Waals surface area (Å²) in [6.07, 6.45) is 8.36. The zero-order valence-electron chi connectivity index (χ0n) is 12.3. The zero-order chi connectivity index (χ0) is 14.5. The second-order valence-corrected chi connectivity index (χ2v) is 7.14. The molecule has 1 amide bonds. The Kier molecular flexibility index (Phi) is 6.12. The fraction of sp³-hybridized carbons (Fsp3) is 0.857. The van der Waals surface area contributed by atoms with Crippen LogP contribution in [0.3, 0.4) is 0 Å². The van der Waals surface area contributed by atoms with Gasteiger partial charge in [0.1, 0.15) is 0 Å². The third kappa shape index (κ3) is 3.43. The summed E-state index contributed by atoms with van der Waals surface area (Å²) in [6.45, 7) is 4.68. The number of carbonyl (C=O) groups excluding carboxylic acids is 1. The van der Waals surface area contributed by atoms with Crippen LogP contribution in [0.2, 0.25) is 0 Å². The van der Waals surface area contributed by atoms with Gasteiger partial charge in [0.25, 0.3) is 0 Å². The highest BCUT2D eigenvalue weighted by molar-refractivity contribution is 8.00. The van der Waals surface area contributed by atoms with Gasteiger partial charge in [-0.1, -0.05) is 38.9 Å². The van der Waals surface area contributed by atoms with Gasteiger partial charge in [0, 0.05) is 11.3 Å². The summed E-state index contributed by atoms with van der Waals surface area (Å²) in [5, 5.41) is 3.11. The van der Waals surface area contributed by atoms with Crippen molar-refractivity contribution in [2.75, 3.05) is 12.8 Å². The van der Waals surface area contributed by atoms with Crippen LogP contribution in [0.4, 0.5) is 0 Å². The molecule has 19 heavy (non-hydrogen) atoms. The van der Waals surface area contributed by atoms with Gasteiger partial charge in [-0.3, -0.25) is 4.79 Å². The summed E-state index contributed by atoms with van der Waals surface area (Å²) >= 11 is 7.00. The van der Waals surface area contributed by atoms with E-state index in [9.17, 15) is 4.79 Å². The molecule has 0 spiro atoms. The zero-order valence-corrected chi connectivity index (χ0v) is 13.9. The highest BCUT2D eigenvalue weighted by Crippen LogP contribution is 2.40. The molecule has 0 aromatic heterocycles. The van der Waals surface area contributed by atoms with Crippen molar-refractivity contribution < 1.29 is 4.79 Å². The van der Waals surface area contributed by atoms with Gasteiger partial charge in [-0.05, 0) is 31.9 Å². The van der Waals surface area contributed by atoms with Crippen molar-refractivity contribution in [1.82, 2.24) is 5.32 Å². The van der Waals surface area contributed by atoms with Crippen LogP contribution in [0.15, 0.2) is 0 Å². The standard InChI is InChI=1S/C14H26N2OS2/c1-4-14(5-2,11(15)18)12(17)16-10-13(19-3)8-6-7-9-13/h4-10H2,1-3H3,(H2,15,18)(H,16,17). The van der Waals surface area contributed by atoms with Crippen LogP contribution in [0, 0.1) is 5.41 Å². The van der Waals surface area contributed by atoms with E-state index in [2.05, 4.69) is 11.6 Å². The maximum absolute atomic E-state index is 12.5. The molecule has 0 unspecified atom stereocenters. The number of rotatable bonds is 7. The second kappa shape index (κ2) is 6.93. The van der Waals surface area contributed by atoms with E-state index >= 15 is 0 Å². The Morgan fingerprint density at radius 3 is 2.26 bits per heavy atom. The first-order valence-corrected chi connectivity index (χ1v) is 8.73. The number of thiocarbonyl (C=S) groups is 1. The molecule has 0 heterocycles. The number of thioether (sulfide) groups is 1. The maximum Gasteiger partial charge on any atom is 0.233 e. The highest BCUT2D eigenvalue weighted by Gasteiger charge is 2.40. The predicted molar refractivity (Wildman–Crippen MR) is 87.5 cm³/mol. The molecule has 5 heteroatoms. The number of nitrogens with two attached hydrogens (primary N) is 1. The predicted octanol–water partition coefficient (Wildman–Crippen LogP) is 2.87. The Balaban J connectivity index is 2.70. The van der Waals surface area contributed by atoms with Gasteiger partial charge in [0.05, 0.1) is 10.4 Å². The van der Waals surface area contributed by atoms with Crippen molar-refractivity contribution in [2.45, 2.75) is 57.1 Å². The van der Waals surface area contributed by atoms with E-state index in [1.807, 2.05) is 25.6 Å². The van der Waals surface area contributed by atoms with Crippen molar-refractivity contribution in [1.29, 1.82) is 0 Å². The quantitative estimate of drug-likeness (QED) is 0.710. The molecule has 0 bridgehead atoms. The Labute approximate surface area is 126 Å². The molecule has 0 atom stereocenters. The number of carbonyl (C=O) groups is 1. The molecule has 0 aromatic carbocycles. The maximum atomic E-state index is 12.5. The average molecular weight is 303 g/mol. The van der Waals surface area contributed by atoms with E-state index in [1.165, 1.54) is 25.7 Å². The molecular weight excluding hydrogens is 276 g/mol. The Morgan fingerprint density at radius 1 is 1.37 bits per heavy atom. The van der Waals surface area contributed by atoms with Crippen LogP contribution in [0.25, 0.3) is 0 Å². The van der Waals surface area contributed by atoms with Crippen LogP contribution >= 0.6 is 24.0 Å². The van der Waals surface area contributed by atoms with Crippen LogP contribution in [0.5, 0.6) is 0 Å². The van der Waals surface area contributed by atoms with Crippen molar-refractivity contribution in [2.24, 2.45) is 11.1 Å². The fourth-order valence-electron chi connectivity index (χ4n) is 2.91. The molecule has 1 fully saturated rings. The van der Waals surface area contributed by atoms with Crippen LogP contribution in [-0.4, -0.2) is 28.4 Å². The highest BCUT2D eigenvalue weighted by atomic mass is 32.2. The smallest absolute Gasteiger partial charge is 0.233 e.